The zero-order chi connectivity index (χ0) is 19.1. The summed E-state index contributed by atoms with van der Waals surface area (Å²) in [5, 5.41) is -0.215. The third kappa shape index (κ3) is 5.02. The van der Waals surface area contributed by atoms with Crippen molar-refractivity contribution in [2.75, 3.05) is 13.2 Å². The molecule has 1 aliphatic heterocycles. The first-order valence-corrected chi connectivity index (χ1v) is 9.44. The molecule has 0 N–H and O–H groups in total. The van der Waals surface area contributed by atoms with Crippen molar-refractivity contribution in [1.82, 2.24) is 4.90 Å². The molecule has 2 aromatic rings. The van der Waals surface area contributed by atoms with Crippen LogP contribution in [0.5, 0.6) is 5.75 Å². The maximum atomic E-state index is 12.5. The molecule has 4 nitrogen and oxygen atoms in total. The van der Waals surface area contributed by atoms with Gasteiger partial charge in [-0.3, -0.25) is 14.5 Å². The summed E-state index contributed by atoms with van der Waals surface area (Å²) in [5.41, 5.74) is 2.03. The second-order valence-electron chi connectivity index (χ2n) is 5.98. The van der Waals surface area contributed by atoms with Gasteiger partial charge in [0, 0.05) is 6.54 Å². The number of thioether (sulfide) groups is 1. The van der Waals surface area contributed by atoms with Crippen LogP contribution in [0.1, 0.15) is 17.5 Å². The van der Waals surface area contributed by atoms with E-state index >= 15 is 0 Å². The summed E-state index contributed by atoms with van der Waals surface area (Å²) in [6.45, 7) is 0.636. The number of carbonyl (C=O) groups excluding carboxylic acids is 2. The summed E-state index contributed by atoms with van der Waals surface area (Å²) in [6, 6.07) is 17.3. The van der Waals surface area contributed by atoms with E-state index in [1.165, 1.54) is 10.5 Å². The monoisotopic (exact) mass is 377 g/mol. The molecule has 3 rings (SSSR count). The maximum Gasteiger partial charge on any atom is 0.293 e. The molecule has 0 bridgehead atoms. The Balaban J connectivity index is 1.59. The first-order chi connectivity index (χ1) is 13.2. The Morgan fingerprint density at radius 2 is 1.81 bits per heavy atom. The Labute approximate surface area is 163 Å². The summed E-state index contributed by atoms with van der Waals surface area (Å²) in [7, 11) is 0. The maximum absolute atomic E-state index is 12.5. The predicted molar refractivity (Wildman–Crippen MR) is 108 cm³/mol. The smallest absolute Gasteiger partial charge is 0.293 e. The Morgan fingerprint density at radius 3 is 2.52 bits per heavy atom. The van der Waals surface area contributed by atoms with Crippen molar-refractivity contribution in [2.45, 2.75) is 12.8 Å². The molecule has 1 aliphatic rings. The largest absolute Gasteiger partial charge is 0.481 e. The van der Waals surface area contributed by atoms with Gasteiger partial charge >= 0.3 is 0 Å². The summed E-state index contributed by atoms with van der Waals surface area (Å²) >= 11 is 0.982. The summed E-state index contributed by atoms with van der Waals surface area (Å²) in [4.78, 5) is 26.5. The lowest BCUT2D eigenvalue weighted by atomic mass is 10.1. The zero-order valence-electron chi connectivity index (χ0n) is 14.8. The number of hydrogen-bond donors (Lipinski definition) is 0. The lowest BCUT2D eigenvalue weighted by Crippen LogP contribution is -2.29. The van der Waals surface area contributed by atoms with E-state index in [2.05, 4.69) is 5.92 Å². The quantitative estimate of drug-likeness (QED) is 0.531. The standard InChI is InChI=1S/C22H19NO3S/c1-2-15-26-19-12-10-18(11-13-19)16-20-21(24)23(22(25)27-20)14-6-9-17-7-4-3-5-8-17/h1,3-5,7-8,10-13,16H,6,9,14-15H2/b20-16+. The van der Waals surface area contributed by atoms with Gasteiger partial charge in [0.15, 0.2) is 0 Å². The van der Waals surface area contributed by atoms with Crippen molar-refractivity contribution >= 4 is 29.0 Å². The predicted octanol–water partition coefficient (Wildman–Crippen LogP) is 4.37. The first-order valence-electron chi connectivity index (χ1n) is 8.63. The first kappa shape index (κ1) is 18.8. The van der Waals surface area contributed by atoms with Crippen LogP contribution in [0, 0.1) is 12.3 Å². The number of aryl methyl sites for hydroxylation is 1. The third-order valence-electron chi connectivity index (χ3n) is 4.06. The Morgan fingerprint density at radius 1 is 1.07 bits per heavy atom. The molecule has 5 heteroatoms. The van der Waals surface area contributed by atoms with Gasteiger partial charge in [-0.1, -0.05) is 48.4 Å². The molecule has 2 amide bonds. The molecule has 0 saturated carbocycles. The van der Waals surface area contributed by atoms with Gasteiger partial charge in [-0.15, -0.1) is 6.42 Å². The van der Waals surface area contributed by atoms with Crippen LogP contribution in [0.3, 0.4) is 0 Å². The van der Waals surface area contributed by atoms with E-state index < -0.39 is 0 Å². The van der Waals surface area contributed by atoms with Gasteiger partial charge in [0.2, 0.25) is 0 Å². The van der Waals surface area contributed by atoms with Crippen molar-refractivity contribution in [2.24, 2.45) is 0 Å². The minimum Gasteiger partial charge on any atom is -0.481 e. The van der Waals surface area contributed by atoms with Gasteiger partial charge in [0.05, 0.1) is 4.91 Å². The van der Waals surface area contributed by atoms with E-state index in [0.717, 1.165) is 30.2 Å². The molecule has 27 heavy (non-hydrogen) atoms. The van der Waals surface area contributed by atoms with Crippen LogP contribution in [-0.4, -0.2) is 29.2 Å². The van der Waals surface area contributed by atoms with Gasteiger partial charge in [-0.2, -0.15) is 0 Å². The van der Waals surface area contributed by atoms with E-state index in [0.29, 0.717) is 17.2 Å². The Bertz CT molecular complexity index is 882. The fourth-order valence-corrected chi connectivity index (χ4v) is 3.58. The topological polar surface area (TPSA) is 46.6 Å². The number of nitrogens with zero attached hydrogens (tertiary/aromatic N) is 1. The fourth-order valence-electron chi connectivity index (χ4n) is 2.72. The van der Waals surface area contributed by atoms with Crippen molar-refractivity contribution in [3.63, 3.8) is 0 Å². The normalized spacial score (nSPS) is 15.2. The van der Waals surface area contributed by atoms with Crippen LogP contribution in [0.15, 0.2) is 59.5 Å². The van der Waals surface area contributed by atoms with E-state index in [1.54, 1.807) is 18.2 Å². The number of ether oxygens (including phenoxy) is 1. The van der Waals surface area contributed by atoms with Gasteiger partial charge in [0.25, 0.3) is 11.1 Å². The highest BCUT2D eigenvalue weighted by atomic mass is 32.2. The van der Waals surface area contributed by atoms with Crippen LogP contribution >= 0.6 is 11.8 Å². The van der Waals surface area contributed by atoms with Crippen molar-refractivity contribution in [3.8, 4) is 18.1 Å². The third-order valence-corrected chi connectivity index (χ3v) is 4.97. The van der Waals surface area contributed by atoms with E-state index in [-0.39, 0.29) is 17.8 Å². The molecule has 0 aliphatic carbocycles. The molecule has 136 valence electrons. The number of amides is 2. The highest BCUT2D eigenvalue weighted by molar-refractivity contribution is 8.18. The number of imide groups is 1. The second kappa shape index (κ2) is 9.11. The van der Waals surface area contributed by atoms with Crippen molar-refractivity contribution in [1.29, 1.82) is 0 Å². The molecule has 0 spiro atoms. The molecule has 2 aromatic carbocycles. The summed E-state index contributed by atoms with van der Waals surface area (Å²) in [6.07, 6.45) is 8.47. The lowest BCUT2D eigenvalue weighted by Gasteiger charge is -2.12. The second-order valence-corrected chi connectivity index (χ2v) is 6.98. The van der Waals surface area contributed by atoms with Gasteiger partial charge in [0.1, 0.15) is 12.4 Å². The molecule has 1 heterocycles. The highest BCUT2D eigenvalue weighted by Gasteiger charge is 2.34. The average molecular weight is 377 g/mol. The fraction of sp³-hybridized carbons (Fsp3) is 0.182. The van der Waals surface area contributed by atoms with Crippen LogP contribution in [-0.2, 0) is 11.2 Å². The zero-order valence-corrected chi connectivity index (χ0v) is 15.6. The number of terminal acetylenes is 1. The minimum absolute atomic E-state index is 0.210. The molecule has 0 unspecified atom stereocenters. The van der Waals surface area contributed by atoms with E-state index in [4.69, 9.17) is 11.2 Å². The van der Waals surface area contributed by atoms with Crippen LogP contribution in [0.25, 0.3) is 6.08 Å². The molecule has 1 saturated heterocycles. The summed E-state index contributed by atoms with van der Waals surface area (Å²) < 4.78 is 5.32. The average Bonchev–Trinajstić information content (AvgIpc) is 2.95. The van der Waals surface area contributed by atoms with Gasteiger partial charge < -0.3 is 4.74 Å². The molecular formula is C22H19NO3S. The Hall–Kier alpha value is -2.97. The van der Waals surface area contributed by atoms with Crippen LogP contribution in [0.2, 0.25) is 0 Å². The van der Waals surface area contributed by atoms with Crippen molar-refractivity contribution < 1.29 is 14.3 Å². The highest BCUT2D eigenvalue weighted by Crippen LogP contribution is 2.32. The number of hydrogen-bond acceptors (Lipinski definition) is 4. The van der Waals surface area contributed by atoms with Gasteiger partial charge in [-0.05, 0) is 53.9 Å². The molecule has 1 fully saturated rings. The van der Waals surface area contributed by atoms with Crippen molar-refractivity contribution in [3.05, 3.63) is 70.6 Å². The SMILES string of the molecule is C#CCOc1ccc(/C=C2/SC(=O)N(CCCc3ccccc3)C2=O)cc1. The van der Waals surface area contributed by atoms with E-state index in [9.17, 15) is 9.59 Å². The molecule has 0 aromatic heterocycles. The lowest BCUT2D eigenvalue weighted by molar-refractivity contribution is -0.122. The number of carbonyl (C=O) groups is 2. The Kier molecular flexibility index (Phi) is 6.35. The van der Waals surface area contributed by atoms with E-state index in [1.807, 2.05) is 42.5 Å². The minimum atomic E-state index is -0.231. The molecule has 0 atom stereocenters. The molecular weight excluding hydrogens is 358 g/mol. The summed E-state index contributed by atoms with van der Waals surface area (Å²) in [5.74, 6) is 2.84. The molecule has 0 radical (unpaired) electrons. The van der Waals surface area contributed by atoms with Crippen LogP contribution < -0.4 is 4.74 Å². The number of rotatable bonds is 7. The number of benzene rings is 2. The van der Waals surface area contributed by atoms with Gasteiger partial charge in [-0.25, -0.2) is 0 Å². The van der Waals surface area contributed by atoms with Crippen LogP contribution in [0.4, 0.5) is 4.79 Å².